The number of aliphatic hydroxyl groups excluding tert-OH is 1. The van der Waals surface area contributed by atoms with Gasteiger partial charge in [0.05, 0.1) is 6.10 Å². The quantitative estimate of drug-likeness (QED) is 0.0208. The number of hydrogen-bond acceptors (Lipinski definition) is 12. The normalized spacial score (nSPS) is 14.6. The van der Waals surface area contributed by atoms with Crippen LogP contribution in [0.2, 0.25) is 0 Å². The molecule has 0 aromatic heterocycles. The number of aliphatic hydroxyl groups is 1. The molecule has 8 atom stereocenters. The number of hydrogen-bond donors (Lipinski definition) is 13. The maximum Gasteiger partial charge on any atom is 0.245 e. The van der Waals surface area contributed by atoms with Gasteiger partial charge >= 0.3 is 0 Å². The molecule has 1 aromatic rings. The Kier molecular flexibility index (Phi) is 25.4. The van der Waals surface area contributed by atoms with Crippen LogP contribution in [0.25, 0.3) is 0 Å². The minimum atomic E-state index is -1.68. The Morgan fingerprint density at radius 1 is 0.652 bits per heavy atom. The molecule has 8 amide bonds. The number of carbonyl (C=O) groups excluding carboxylic acids is 8. The summed E-state index contributed by atoms with van der Waals surface area (Å²) < 4.78 is 28.3. The fourth-order valence-corrected chi connectivity index (χ4v) is 7.00. The van der Waals surface area contributed by atoms with E-state index in [1.807, 2.05) is 13.8 Å². The lowest BCUT2D eigenvalue weighted by molar-refractivity contribution is -0.143. The number of carbonyl (C=O) groups is 8. The molecule has 0 aliphatic carbocycles. The van der Waals surface area contributed by atoms with E-state index in [1.54, 1.807) is 20.8 Å². The monoisotopic (exact) mass is 983 g/mol. The van der Waals surface area contributed by atoms with Gasteiger partial charge in [0.15, 0.2) is 29.3 Å². The first-order valence-corrected chi connectivity index (χ1v) is 22.4. The topological polar surface area (TPSA) is 421 Å². The van der Waals surface area contributed by atoms with Crippen molar-refractivity contribution < 1.29 is 57.4 Å². The number of phenols is 1. The average Bonchev–Trinajstić information content (AvgIpc) is 3.24. The van der Waals surface area contributed by atoms with Crippen LogP contribution < -0.4 is 61.0 Å². The third-order valence-corrected chi connectivity index (χ3v) is 10.7. The number of phenolic OH excluding ortho intramolecular Hbond substituents is 1. The number of aromatic hydroxyl groups is 1. The van der Waals surface area contributed by atoms with Crippen LogP contribution in [0, 0.1) is 29.4 Å². The van der Waals surface area contributed by atoms with Gasteiger partial charge in [0.25, 0.3) is 0 Å². The SMILES string of the molecule is CC(C)C[C@H](C)C(=O)N[C@H](C(=O)N[C@H](C(=O)N[C@@H](CCCN=C(N)N)C(=O)N[C@@H](CCC(N)=O)C(=O)N(C)[C@@H](CCCN=C(N)N)C(=O)N[C@@H](Cc1cc(F)c(O)c(F)c1)C(N)=O)[C@@H](C)O)C(C)C. The number of primary amides is 2. The van der Waals surface area contributed by atoms with Gasteiger partial charge < -0.3 is 76.1 Å². The lowest BCUT2D eigenvalue weighted by Crippen LogP contribution is -2.62. The highest BCUT2D eigenvalue weighted by Gasteiger charge is 2.37. The third-order valence-electron chi connectivity index (χ3n) is 10.7. The number of aliphatic imine (C=N–C) groups is 2. The molecule has 19 N–H and O–H groups in total. The summed E-state index contributed by atoms with van der Waals surface area (Å²) in [5.74, 6) is -12.5. The fourth-order valence-electron chi connectivity index (χ4n) is 7.00. The molecule has 0 saturated heterocycles. The summed E-state index contributed by atoms with van der Waals surface area (Å²) in [7, 11) is 1.17. The minimum absolute atomic E-state index is 0.0319. The van der Waals surface area contributed by atoms with E-state index in [1.165, 1.54) is 14.0 Å². The van der Waals surface area contributed by atoms with Crippen molar-refractivity contribution in [3.63, 3.8) is 0 Å². The molecule has 24 nitrogen and oxygen atoms in total. The van der Waals surface area contributed by atoms with E-state index in [0.29, 0.717) is 6.42 Å². The van der Waals surface area contributed by atoms with Crippen molar-refractivity contribution in [2.75, 3.05) is 20.1 Å². The first kappa shape index (κ1) is 60.2. The predicted molar refractivity (Wildman–Crippen MR) is 251 cm³/mol. The highest BCUT2D eigenvalue weighted by molar-refractivity contribution is 5.97. The predicted octanol–water partition coefficient (Wildman–Crippen LogP) is -2.96. The summed E-state index contributed by atoms with van der Waals surface area (Å²) in [5, 5.41) is 32.7. The van der Waals surface area contributed by atoms with Gasteiger partial charge in [-0.1, -0.05) is 34.6 Å². The maximum atomic E-state index is 14.4. The fraction of sp³-hybridized carbons (Fsp3) is 0.628. The van der Waals surface area contributed by atoms with Crippen molar-refractivity contribution in [3.8, 4) is 5.75 Å². The summed E-state index contributed by atoms with van der Waals surface area (Å²) in [6.45, 7) is 10.1. The molecular formula is C43H72F2N14O10. The van der Waals surface area contributed by atoms with Gasteiger partial charge in [0.2, 0.25) is 47.3 Å². The smallest absolute Gasteiger partial charge is 0.245 e. The van der Waals surface area contributed by atoms with E-state index < -0.39 is 138 Å². The molecule has 26 heteroatoms. The van der Waals surface area contributed by atoms with Crippen molar-refractivity contribution in [1.82, 2.24) is 31.5 Å². The molecule has 0 saturated carbocycles. The van der Waals surface area contributed by atoms with Crippen LogP contribution in [0.1, 0.15) is 92.1 Å². The molecule has 0 unspecified atom stereocenters. The molecule has 69 heavy (non-hydrogen) atoms. The van der Waals surface area contributed by atoms with Gasteiger partial charge in [-0.05, 0) is 75.0 Å². The molecule has 0 heterocycles. The van der Waals surface area contributed by atoms with Gasteiger partial charge in [0, 0.05) is 38.9 Å². The first-order chi connectivity index (χ1) is 32.1. The van der Waals surface area contributed by atoms with Crippen molar-refractivity contribution >= 4 is 59.2 Å². The zero-order chi connectivity index (χ0) is 52.9. The molecule has 0 fully saturated rings. The van der Waals surface area contributed by atoms with Crippen LogP contribution in [-0.4, -0.2) is 137 Å². The van der Waals surface area contributed by atoms with E-state index in [-0.39, 0.29) is 62.2 Å². The Balaban J connectivity index is 3.61. The molecule has 0 spiro atoms. The van der Waals surface area contributed by atoms with E-state index in [4.69, 9.17) is 34.4 Å². The number of amides is 8. The van der Waals surface area contributed by atoms with Crippen molar-refractivity contribution in [1.29, 1.82) is 0 Å². The van der Waals surface area contributed by atoms with Gasteiger partial charge in [-0.25, -0.2) is 8.78 Å². The van der Waals surface area contributed by atoms with Crippen molar-refractivity contribution in [2.24, 2.45) is 62.1 Å². The van der Waals surface area contributed by atoms with Gasteiger partial charge in [-0.15, -0.1) is 0 Å². The Hall–Kier alpha value is -6.86. The Morgan fingerprint density at radius 2 is 1.14 bits per heavy atom. The van der Waals surface area contributed by atoms with Crippen molar-refractivity contribution in [2.45, 2.75) is 135 Å². The standard InChI is InChI=1S/C43H72F2N14O10/c1-20(2)16-22(5)36(64)57-32(21(3)4)39(67)58-33(23(6)60)40(68)54-27(10-8-14-52-42(48)49)37(65)55-28(12-13-31(46)61)41(69)59(7)30(11-9-15-53-43(50)51)38(66)56-29(35(47)63)19-24-17-25(44)34(62)26(45)18-24/h17-18,20-23,27-30,32-33,60,62H,8-16,19H2,1-7H3,(H2,46,61)(H2,47,63)(H,54,68)(H,55,65)(H,56,66)(H,57,64)(H,58,67)(H4,48,49,52)(H4,50,51,53)/t22-,23+,27-,28-,29-,30-,32-,33-/m0/s1. The number of likely N-dealkylation sites (N-methyl/N-ethyl adjacent to an activating group) is 1. The Bertz CT molecular complexity index is 1990. The van der Waals surface area contributed by atoms with Gasteiger partial charge in [0.1, 0.15) is 36.3 Å². The molecule has 0 aliphatic heterocycles. The number of benzene rings is 1. The first-order valence-electron chi connectivity index (χ1n) is 22.4. The lowest BCUT2D eigenvalue weighted by atomic mass is 9.96. The van der Waals surface area contributed by atoms with Crippen LogP contribution >= 0.6 is 0 Å². The number of guanidine groups is 2. The summed E-state index contributed by atoms with van der Waals surface area (Å²) >= 11 is 0. The summed E-state index contributed by atoms with van der Waals surface area (Å²) in [4.78, 5) is 116. The lowest BCUT2D eigenvalue weighted by Gasteiger charge is -2.32. The van der Waals surface area contributed by atoms with E-state index in [9.17, 15) is 57.4 Å². The van der Waals surface area contributed by atoms with Crippen LogP contribution in [0.4, 0.5) is 8.78 Å². The van der Waals surface area contributed by atoms with Crippen LogP contribution in [0.15, 0.2) is 22.1 Å². The number of nitrogens with zero attached hydrogens (tertiary/aromatic N) is 3. The Labute approximate surface area is 399 Å². The van der Waals surface area contributed by atoms with E-state index >= 15 is 0 Å². The minimum Gasteiger partial charge on any atom is -0.503 e. The number of rotatable bonds is 30. The van der Waals surface area contributed by atoms with E-state index in [2.05, 4.69) is 36.6 Å². The molecule has 1 aromatic carbocycles. The molecule has 0 radical (unpaired) electrons. The molecule has 0 bridgehead atoms. The second-order valence-corrected chi connectivity index (χ2v) is 17.6. The molecule has 1 rings (SSSR count). The highest BCUT2D eigenvalue weighted by Crippen LogP contribution is 2.22. The number of nitrogens with two attached hydrogens (primary N) is 6. The highest BCUT2D eigenvalue weighted by atomic mass is 19.1. The number of nitrogens with one attached hydrogen (secondary N) is 5. The van der Waals surface area contributed by atoms with Crippen LogP contribution in [-0.2, 0) is 44.8 Å². The van der Waals surface area contributed by atoms with E-state index in [0.717, 1.165) is 17.0 Å². The van der Waals surface area contributed by atoms with Crippen molar-refractivity contribution in [3.05, 3.63) is 29.3 Å². The maximum absolute atomic E-state index is 14.4. The van der Waals surface area contributed by atoms with Gasteiger partial charge in [-0.2, -0.15) is 0 Å². The second-order valence-electron chi connectivity index (χ2n) is 17.6. The van der Waals surface area contributed by atoms with Gasteiger partial charge in [-0.3, -0.25) is 48.3 Å². The number of halogens is 2. The summed E-state index contributed by atoms with van der Waals surface area (Å²) in [5.41, 5.74) is 32.6. The average molecular weight is 983 g/mol. The zero-order valence-electron chi connectivity index (χ0n) is 40.2. The van der Waals surface area contributed by atoms with Crippen LogP contribution in [0.5, 0.6) is 5.75 Å². The molecule has 0 aliphatic rings. The molecular weight excluding hydrogens is 911 g/mol. The molecule has 388 valence electrons. The third kappa shape index (κ3) is 21.3. The summed E-state index contributed by atoms with van der Waals surface area (Å²) in [6, 6.07) is -7.60. The largest absolute Gasteiger partial charge is 0.503 e. The zero-order valence-corrected chi connectivity index (χ0v) is 40.2. The second kappa shape index (κ2) is 29.1. The summed E-state index contributed by atoms with van der Waals surface area (Å²) in [6.07, 6.45) is -2.75. The Morgan fingerprint density at radius 3 is 1.62 bits per heavy atom. The van der Waals surface area contributed by atoms with Crippen LogP contribution in [0.3, 0.4) is 0 Å².